The Bertz CT molecular complexity index is 287. The molecule has 0 amide bonds. The number of ether oxygens (including phenoxy) is 1. The molecule has 4 nitrogen and oxygen atoms in total. The lowest BCUT2D eigenvalue weighted by atomic mass is 9.76. The Hall–Kier alpha value is -0.610. The van der Waals surface area contributed by atoms with Crippen LogP contribution in [0.5, 0.6) is 0 Å². The van der Waals surface area contributed by atoms with Gasteiger partial charge in [-0.3, -0.25) is 4.79 Å². The van der Waals surface area contributed by atoms with Gasteiger partial charge in [-0.25, -0.2) is 0 Å². The summed E-state index contributed by atoms with van der Waals surface area (Å²) in [4.78, 5) is 11.1. The zero-order valence-corrected chi connectivity index (χ0v) is 11.2. The van der Waals surface area contributed by atoms with Gasteiger partial charge in [0.15, 0.2) is 0 Å². The first kappa shape index (κ1) is 14.5. The average Bonchev–Trinajstić information content (AvgIpc) is 2.15. The van der Waals surface area contributed by atoms with Crippen LogP contribution in [0.1, 0.15) is 53.4 Å². The highest BCUT2D eigenvalue weighted by atomic mass is 16.5. The minimum absolute atomic E-state index is 0.496. The topological polar surface area (TPSA) is 66.8 Å². The molecule has 1 aliphatic rings. The highest BCUT2D eigenvalue weighted by Gasteiger charge is 2.49. The number of aliphatic carboxylic acids is 1. The van der Waals surface area contributed by atoms with E-state index < -0.39 is 29.2 Å². The Morgan fingerprint density at radius 3 is 2.47 bits per heavy atom. The molecule has 100 valence electrons. The number of carbonyl (C=O) groups is 1. The van der Waals surface area contributed by atoms with Crippen LogP contribution in [0.4, 0.5) is 0 Å². The fourth-order valence-corrected chi connectivity index (χ4v) is 2.74. The quantitative estimate of drug-likeness (QED) is 0.795. The molecule has 1 saturated heterocycles. The summed E-state index contributed by atoms with van der Waals surface area (Å²) in [6.07, 6.45) is 2.20. The summed E-state index contributed by atoms with van der Waals surface area (Å²) in [7, 11) is 0. The second kappa shape index (κ2) is 4.94. The molecule has 1 heterocycles. The normalized spacial score (nSPS) is 34.3. The smallest absolute Gasteiger partial charge is 0.309 e. The van der Waals surface area contributed by atoms with Crippen LogP contribution in [0.3, 0.4) is 0 Å². The van der Waals surface area contributed by atoms with Crippen LogP contribution < -0.4 is 0 Å². The summed E-state index contributed by atoms with van der Waals surface area (Å²) in [6, 6.07) is 0. The Kier molecular flexibility index (Phi) is 4.20. The monoisotopic (exact) mass is 244 g/mol. The molecule has 1 fully saturated rings. The molecule has 0 aromatic carbocycles. The van der Waals surface area contributed by atoms with Gasteiger partial charge in [-0.15, -0.1) is 0 Å². The van der Waals surface area contributed by atoms with Gasteiger partial charge in [-0.1, -0.05) is 13.3 Å². The molecule has 1 aliphatic heterocycles. The van der Waals surface area contributed by atoms with Crippen LogP contribution in [-0.2, 0) is 9.53 Å². The molecule has 0 spiro atoms. The van der Waals surface area contributed by atoms with E-state index in [-0.39, 0.29) is 0 Å². The third-order valence-corrected chi connectivity index (χ3v) is 3.83. The van der Waals surface area contributed by atoms with Gasteiger partial charge in [-0.2, -0.15) is 0 Å². The van der Waals surface area contributed by atoms with Crippen LogP contribution in [-0.4, -0.2) is 33.5 Å². The van der Waals surface area contributed by atoms with Crippen LogP contribution in [0.2, 0.25) is 0 Å². The van der Waals surface area contributed by atoms with E-state index in [0.29, 0.717) is 19.3 Å². The first-order valence-electron chi connectivity index (χ1n) is 6.34. The van der Waals surface area contributed by atoms with Gasteiger partial charge in [0.05, 0.1) is 23.2 Å². The van der Waals surface area contributed by atoms with Gasteiger partial charge in [0.1, 0.15) is 0 Å². The van der Waals surface area contributed by atoms with E-state index in [1.165, 1.54) is 0 Å². The molecule has 2 N–H and O–H groups in total. The molecule has 0 bridgehead atoms. The summed E-state index contributed by atoms with van der Waals surface area (Å²) < 4.78 is 5.92. The number of aliphatic hydroxyl groups is 1. The summed E-state index contributed by atoms with van der Waals surface area (Å²) in [5.74, 6) is -1.31. The predicted molar refractivity (Wildman–Crippen MR) is 64.8 cm³/mol. The molecule has 0 aromatic heterocycles. The van der Waals surface area contributed by atoms with Gasteiger partial charge in [0.2, 0.25) is 0 Å². The maximum absolute atomic E-state index is 11.1. The largest absolute Gasteiger partial charge is 0.481 e. The Morgan fingerprint density at radius 1 is 1.47 bits per heavy atom. The highest BCUT2D eigenvalue weighted by Crippen LogP contribution is 2.41. The zero-order chi connectivity index (χ0) is 13.3. The van der Waals surface area contributed by atoms with Crippen molar-refractivity contribution in [2.75, 3.05) is 0 Å². The molecule has 1 rings (SSSR count). The van der Waals surface area contributed by atoms with E-state index in [9.17, 15) is 9.90 Å². The molecule has 3 atom stereocenters. The summed E-state index contributed by atoms with van der Waals surface area (Å²) in [5, 5.41) is 19.3. The van der Waals surface area contributed by atoms with Gasteiger partial charge < -0.3 is 14.9 Å². The van der Waals surface area contributed by atoms with Crippen molar-refractivity contribution in [3.8, 4) is 0 Å². The predicted octanol–water partition coefficient (Wildman–Crippen LogP) is 2.20. The molecule has 0 unspecified atom stereocenters. The van der Waals surface area contributed by atoms with E-state index in [2.05, 4.69) is 0 Å². The number of carboxylic acids is 1. The molecule has 0 saturated carbocycles. The number of hydrogen-bond donors (Lipinski definition) is 2. The first-order chi connectivity index (χ1) is 7.73. The van der Waals surface area contributed by atoms with Crippen molar-refractivity contribution < 1.29 is 19.7 Å². The summed E-state index contributed by atoms with van der Waals surface area (Å²) in [5.41, 5.74) is -1.35. The maximum Gasteiger partial charge on any atom is 0.309 e. The Morgan fingerprint density at radius 2 is 2.06 bits per heavy atom. The van der Waals surface area contributed by atoms with Gasteiger partial charge in [-0.05, 0) is 40.0 Å². The molecular weight excluding hydrogens is 220 g/mol. The van der Waals surface area contributed by atoms with Crippen molar-refractivity contribution in [3.63, 3.8) is 0 Å². The second-order valence-corrected chi connectivity index (χ2v) is 5.75. The van der Waals surface area contributed by atoms with Crippen molar-refractivity contribution in [1.82, 2.24) is 0 Å². The maximum atomic E-state index is 11.1. The van der Waals surface area contributed by atoms with Crippen molar-refractivity contribution in [1.29, 1.82) is 0 Å². The fraction of sp³-hybridized carbons (Fsp3) is 0.923. The molecule has 0 radical (unpaired) electrons. The minimum atomic E-state index is -0.818. The Labute approximate surface area is 103 Å². The molecule has 17 heavy (non-hydrogen) atoms. The minimum Gasteiger partial charge on any atom is -0.481 e. The van der Waals surface area contributed by atoms with E-state index >= 15 is 0 Å². The van der Waals surface area contributed by atoms with Gasteiger partial charge >= 0.3 is 5.97 Å². The van der Waals surface area contributed by atoms with E-state index in [1.807, 2.05) is 13.8 Å². The van der Waals surface area contributed by atoms with Crippen LogP contribution in [0.15, 0.2) is 0 Å². The molecular formula is C13H24O4. The third-order valence-electron chi connectivity index (χ3n) is 3.83. The van der Waals surface area contributed by atoms with E-state index in [1.54, 1.807) is 13.8 Å². The van der Waals surface area contributed by atoms with Crippen molar-refractivity contribution >= 4 is 5.97 Å². The second-order valence-electron chi connectivity index (χ2n) is 5.75. The van der Waals surface area contributed by atoms with Crippen molar-refractivity contribution in [2.24, 2.45) is 5.92 Å². The first-order valence-corrected chi connectivity index (χ1v) is 6.34. The van der Waals surface area contributed by atoms with E-state index in [4.69, 9.17) is 9.84 Å². The number of aliphatic hydroxyl groups excluding tert-OH is 1. The van der Waals surface area contributed by atoms with Gasteiger partial charge in [0.25, 0.3) is 0 Å². The number of hydrogen-bond acceptors (Lipinski definition) is 3. The zero-order valence-electron chi connectivity index (χ0n) is 11.2. The van der Waals surface area contributed by atoms with Crippen LogP contribution in [0, 0.1) is 5.92 Å². The SMILES string of the molecule is CCC[C@H](O)[C@]1(C)CC[C@@H](C(=O)O)C(C)(C)O1. The lowest BCUT2D eigenvalue weighted by Gasteiger charge is -2.48. The number of carboxylic acid groups (broad SMARTS) is 1. The van der Waals surface area contributed by atoms with Crippen LogP contribution in [0.25, 0.3) is 0 Å². The number of rotatable bonds is 4. The molecule has 0 aliphatic carbocycles. The fourth-order valence-electron chi connectivity index (χ4n) is 2.74. The van der Waals surface area contributed by atoms with Crippen LogP contribution >= 0.6 is 0 Å². The third kappa shape index (κ3) is 2.99. The van der Waals surface area contributed by atoms with E-state index in [0.717, 1.165) is 6.42 Å². The average molecular weight is 244 g/mol. The highest BCUT2D eigenvalue weighted by molar-refractivity contribution is 5.71. The lowest BCUT2D eigenvalue weighted by Crippen LogP contribution is -2.56. The standard InChI is InChI=1S/C13H24O4/c1-5-6-10(14)13(4)8-7-9(11(15)16)12(2,3)17-13/h9-10,14H,5-8H2,1-4H3,(H,15,16)/t9-,10-,13-/m0/s1. The Balaban J connectivity index is 2.81. The van der Waals surface area contributed by atoms with Crippen molar-refractivity contribution in [3.05, 3.63) is 0 Å². The lowest BCUT2D eigenvalue weighted by molar-refractivity contribution is -0.233. The molecule has 0 aromatic rings. The summed E-state index contributed by atoms with van der Waals surface area (Å²) in [6.45, 7) is 7.48. The van der Waals surface area contributed by atoms with Gasteiger partial charge in [0, 0.05) is 0 Å². The van der Waals surface area contributed by atoms with Crippen molar-refractivity contribution in [2.45, 2.75) is 70.7 Å². The molecule has 4 heteroatoms. The summed E-state index contributed by atoms with van der Waals surface area (Å²) >= 11 is 0.